The highest BCUT2D eigenvalue weighted by Crippen LogP contribution is 2.78. The van der Waals surface area contributed by atoms with Crippen LogP contribution in [0.1, 0.15) is 56.2 Å². The summed E-state index contributed by atoms with van der Waals surface area (Å²) in [6, 6.07) is 14.4. The Labute approximate surface area is 386 Å². The number of imide groups is 2. The number of carbonyl (C=O) groups is 4. The van der Waals surface area contributed by atoms with Crippen LogP contribution in [0, 0.1) is 51.4 Å². The van der Waals surface area contributed by atoms with Crippen LogP contribution in [0.25, 0.3) is 22.1 Å². The fourth-order valence-electron chi connectivity index (χ4n) is 12.0. The molecule has 4 heterocycles. The second-order valence-corrected chi connectivity index (χ2v) is 20.2. The topological polar surface area (TPSA) is 163 Å². The van der Waals surface area contributed by atoms with E-state index in [0.717, 1.165) is 32.1 Å². The van der Waals surface area contributed by atoms with Gasteiger partial charge in [-0.1, -0.05) is 24.3 Å². The van der Waals surface area contributed by atoms with Gasteiger partial charge in [0.2, 0.25) is 35.2 Å². The zero-order valence-corrected chi connectivity index (χ0v) is 38.8. The van der Waals surface area contributed by atoms with Crippen LogP contribution in [0.3, 0.4) is 0 Å². The summed E-state index contributed by atoms with van der Waals surface area (Å²) < 4.78 is 24.0. The molecule has 2 aliphatic heterocycles. The SMILES string of the molecule is COC1(OC)[C@@]2(Cl)c3nc4cc(C)c(C)cc4nc3[C@]1(Cl)[C@@H]1C(=O)N(Cc3ccc(CN4C(=O)[C@@H]5[C@H](C4=O)[C@]4(Cl)c6nc7cc(C)c(C)cc7nc6[C@@]5(Cl)C4(OC)OC)cc3)C(=O)[C@@H]12. The Kier molecular flexibility index (Phi) is 8.69. The van der Waals surface area contributed by atoms with E-state index in [1.54, 1.807) is 24.3 Å². The third-order valence-electron chi connectivity index (χ3n) is 15.2. The highest BCUT2D eigenvalue weighted by molar-refractivity contribution is 6.37. The van der Waals surface area contributed by atoms with Crippen molar-refractivity contribution in [1.29, 1.82) is 0 Å². The van der Waals surface area contributed by atoms with Crippen LogP contribution in [0.2, 0.25) is 0 Å². The molecule has 8 atom stereocenters. The minimum absolute atomic E-state index is 0.119. The van der Waals surface area contributed by atoms with Gasteiger partial charge >= 0.3 is 0 Å². The highest BCUT2D eigenvalue weighted by Gasteiger charge is 2.91. The van der Waals surface area contributed by atoms with Gasteiger partial charge in [-0.15, -0.1) is 46.4 Å². The zero-order valence-electron chi connectivity index (χ0n) is 35.8. The number of hydrogen-bond acceptors (Lipinski definition) is 12. The van der Waals surface area contributed by atoms with E-state index in [2.05, 4.69) is 0 Å². The van der Waals surface area contributed by atoms with Gasteiger partial charge in [-0.05, 0) is 85.3 Å². The van der Waals surface area contributed by atoms with Gasteiger partial charge in [-0.2, -0.15) is 0 Å². The number of likely N-dealkylation sites (tertiary alicyclic amines) is 2. The molecule has 14 nitrogen and oxygen atoms in total. The Morgan fingerprint density at radius 3 is 0.875 bits per heavy atom. The number of methoxy groups -OCH3 is 4. The monoisotopic (exact) mass is 944 g/mol. The molecule has 5 aromatic rings. The average molecular weight is 947 g/mol. The minimum atomic E-state index is -1.87. The molecule has 4 bridgehead atoms. The predicted molar refractivity (Wildman–Crippen MR) is 233 cm³/mol. The number of aromatic nitrogens is 4. The molecule has 3 aromatic carbocycles. The second kappa shape index (κ2) is 13.2. The van der Waals surface area contributed by atoms with Gasteiger partial charge in [-0.3, -0.25) is 29.0 Å². The summed E-state index contributed by atoms with van der Waals surface area (Å²) in [5.74, 6) is -10.8. The number of nitrogens with zero attached hydrogens (tertiary/aromatic N) is 6. The maximum absolute atomic E-state index is 14.5. The summed E-state index contributed by atoms with van der Waals surface area (Å²) in [7, 11) is 5.49. The smallest absolute Gasteiger partial charge is 0.235 e. The maximum Gasteiger partial charge on any atom is 0.235 e. The fraction of sp³-hybridized carbons (Fsp3) is 0.435. The van der Waals surface area contributed by atoms with Crippen LogP contribution in [0.5, 0.6) is 0 Å². The Morgan fingerprint density at radius 1 is 0.453 bits per heavy atom. The molecule has 330 valence electrons. The van der Waals surface area contributed by atoms with Crippen LogP contribution in [0.4, 0.5) is 0 Å². The zero-order chi connectivity index (χ0) is 45.6. The molecule has 4 aliphatic carbocycles. The van der Waals surface area contributed by atoms with Crippen molar-refractivity contribution < 1.29 is 38.1 Å². The van der Waals surface area contributed by atoms with Gasteiger partial charge in [0.25, 0.3) is 0 Å². The number of amides is 4. The predicted octanol–water partition coefficient (Wildman–Crippen LogP) is 6.18. The molecule has 0 unspecified atom stereocenters. The third kappa shape index (κ3) is 4.37. The molecule has 2 saturated carbocycles. The van der Waals surface area contributed by atoms with E-state index < -0.39 is 78.4 Å². The van der Waals surface area contributed by atoms with Gasteiger partial charge < -0.3 is 18.9 Å². The number of aryl methyl sites for hydroxylation is 4. The van der Waals surface area contributed by atoms with Crippen molar-refractivity contribution in [3.8, 4) is 0 Å². The van der Waals surface area contributed by atoms with Crippen LogP contribution in [0.15, 0.2) is 48.5 Å². The number of carbonyl (C=O) groups excluding carboxylic acids is 4. The first-order chi connectivity index (χ1) is 30.3. The van der Waals surface area contributed by atoms with E-state index in [0.29, 0.717) is 33.2 Å². The van der Waals surface area contributed by atoms with Crippen LogP contribution < -0.4 is 0 Å². The lowest BCUT2D eigenvalue weighted by Gasteiger charge is -2.41. The first-order valence-electron chi connectivity index (χ1n) is 20.7. The molecule has 2 saturated heterocycles. The van der Waals surface area contributed by atoms with E-state index >= 15 is 0 Å². The molecule has 2 aromatic heterocycles. The van der Waals surface area contributed by atoms with Crippen molar-refractivity contribution in [2.45, 2.75) is 71.9 Å². The molecule has 64 heavy (non-hydrogen) atoms. The lowest BCUT2D eigenvalue weighted by molar-refractivity contribution is -0.239. The number of fused-ring (bicyclic) bond motifs is 18. The first-order valence-corrected chi connectivity index (χ1v) is 22.2. The summed E-state index contributed by atoms with van der Waals surface area (Å²) in [6.07, 6.45) is 0. The molecule has 11 rings (SSSR count). The lowest BCUT2D eigenvalue weighted by atomic mass is 9.80. The van der Waals surface area contributed by atoms with E-state index in [4.69, 9.17) is 85.3 Å². The molecule has 0 spiro atoms. The molecular formula is C46H40Cl4N6O8. The van der Waals surface area contributed by atoms with Crippen molar-refractivity contribution in [2.24, 2.45) is 23.7 Å². The number of rotatable bonds is 8. The van der Waals surface area contributed by atoms with Crippen molar-refractivity contribution in [3.05, 3.63) is 105 Å². The largest absolute Gasteiger partial charge is 0.349 e. The molecule has 0 radical (unpaired) electrons. The minimum Gasteiger partial charge on any atom is -0.349 e. The molecular weight excluding hydrogens is 906 g/mol. The molecule has 4 amide bonds. The van der Waals surface area contributed by atoms with E-state index in [-0.39, 0.29) is 35.9 Å². The Morgan fingerprint density at radius 2 is 0.672 bits per heavy atom. The normalized spacial score (nSPS) is 32.4. The van der Waals surface area contributed by atoms with Crippen LogP contribution >= 0.6 is 46.4 Å². The van der Waals surface area contributed by atoms with Gasteiger partial charge in [0, 0.05) is 28.4 Å². The highest BCUT2D eigenvalue weighted by atomic mass is 35.5. The summed E-state index contributed by atoms with van der Waals surface area (Å²) in [6.45, 7) is 7.59. The summed E-state index contributed by atoms with van der Waals surface area (Å²) in [4.78, 5) is 72.9. The molecule has 0 N–H and O–H groups in total. The Hall–Kier alpha value is -4.38. The summed E-state index contributed by atoms with van der Waals surface area (Å²) in [5.41, 5.74) is 8.24. The first kappa shape index (κ1) is 42.3. The van der Waals surface area contributed by atoms with Gasteiger partial charge in [0.05, 0.1) is 81.6 Å². The van der Waals surface area contributed by atoms with Crippen LogP contribution in [-0.4, -0.2) is 93.4 Å². The van der Waals surface area contributed by atoms with Crippen LogP contribution in [-0.2, 0) is 70.7 Å². The summed E-state index contributed by atoms with van der Waals surface area (Å²) in [5, 5.41) is 0. The number of ether oxygens (including phenoxy) is 4. The Bertz CT molecular complexity index is 2660. The van der Waals surface area contributed by atoms with Crippen molar-refractivity contribution in [1.82, 2.24) is 29.7 Å². The van der Waals surface area contributed by atoms with Crippen molar-refractivity contribution in [2.75, 3.05) is 28.4 Å². The maximum atomic E-state index is 14.5. The standard InChI is InChI=1S/C46H40Cl4N6O8/c1-19-13-25-26(14-20(19)2)52-34-33(51-25)41(47)29-30(42(34,48)45(41,61-5)62-6)38(58)55(37(29)57)17-23-9-11-24(12-10-23)18-56-39(59)31-32(40(56)60)44(50)36-35(43(31,49)46(44,63-7)64-8)53-27-15-21(3)22(4)16-28(27)54-36/h9-16,29-32H,17-18H2,1-8H3/t29-,30+,31-,32+,41+,42-,43+,44-. The van der Waals surface area contributed by atoms with Gasteiger partial charge in [-0.25, -0.2) is 19.9 Å². The number of benzene rings is 3. The van der Waals surface area contributed by atoms with E-state index in [9.17, 15) is 19.2 Å². The summed E-state index contributed by atoms with van der Waals surface area (Å²) >= 11 is 30.4. The lowest BCUT2D eigenvalue weighted by Crippen LogP contribution is -2.56. The van der Waals surface area contributed by atoms with Gasteiger partial charge in [0.15, 0.2) is 19.5 Å². The van der Waals surface area contributed by atoms with E-state index in [1.807, 2.05) is 52.0 Å². The van der Waals surface area contributed by atoms with E-state index in [1.165, 1.54) is 28.4 Å². The number of halogens is 4. The average Bonchev–Trinajstić information content (AvgIpc) is 3.90. The quantitative estimate of drug-likeness (QED) is 0.0989. The van der Waals surface area contributed by atoms with Crippen molar-refractivity contribution >= 4 is 92.1 Å². The number of alkyl halides is 4. The second-order valence-electron chi connectivity index (χ2n) is 17.8. The molecule has 6 aliphatic rings. The molecule has 4 fully saturated rings. The van der Waals surface area contributed by atoms with Gasteiger partial charge in [0.1, 0.15) is 0 Å². The molecule has 18 heteroatoms. The van der Waals surface area contributed by atoms with Crippen molar-refractivity contribution in [3.63, 3.8) is 0 Å². The Balaban J connectivity index is 0.886. The third-order valence-corrected chi connectivity index (χ3v) is 17.9. The number of hydrogen-bond donors (Lipinski definition) is 0. The fourth-order valence-corrected chi connectivity index (χ4v) is 14.8.